The maximum absolute atomic E-state index is 13.9. The molecule has 1 atom stereocenters. The predicted molar refractivity (Wildman–Crippen MR) is 92.6 cm³/mol. The summed E-state index contributed by atoms with van der Waals surface area (Å²) < 4.78 is 15.5. The Morgan fingerprint density at radius 3 is 2.65 bits per heavy atom. The zero-order valence-electron chi connectivity index (χ0n) is 13.5. The molecule has 2 amide bonds. The highest BCUT2D eigenvalue weighted by molar-refractivity contribution is 6.14. The molecule has 0 radical (unpaired) electrons. The van der Waals surface area contributed by atoms with Gasteiger partial charge in [-0.15, -0.1) is 0 Å². The number of fused-ring (bicyclic) bond motifs is 4. The number of rotatable bonds is 1. The largest absolute Gasteiger partial charge is 0.325 e. The molecule has 0 aliphatic carbocycles. The van der Waals surface area contributed by atoms with Crippen molar-refractivity contribution < 1.29 is 14.0 Å². The highest BCUT2D eigenvalue weighted by Crippen LogP contribution is 2.50. The molecule has 0 saturated heterocycles. The molecule has 2 aromatic carbocycles. The van der Waals surface area contributed by atoms with E-state index in [1.807, 2.05) is 30.3 Å². The second-order valence-corrected chi connectivity index (χ2v) is 6.43. The maximum Gasteiger partial charge on any atom is 0.240 e. The lowest BCUT2D eigenvalue weighted by atomic mass is 9.72. The Kier molecular flexibility index (Phi) is 2.86. The van der Waals surface area contributed by atoms with Gasteiger partial charge in [0.25, 0.3) is 0 Å². The Hall–Kier alpha value is -3.48. The topological polar surface area (TPSA) is 76.0 Å². The number of carbonyl (C=O) groups is 2. The number of nitrogens with zero attached hydrogens (tertiary/aromatic N) is 2. The van der Waals surface area contributed by atoms with Crippen molar-refractivity contribution >= 4 is 23.3 Å². The normalized spacial score (nSPS) is 20.5. The lowest BCUT2D eigenvalue weighted by molar-refractivity contribution is -0.125. The number of anilines is 2. The van der Waals surface area contributed by atoms with Gasteiger partial charge in [0.05, 0.1) is 11.9 Å². The van der Waals surface area contributed by atoms with E-state index < -0.39 is 11.2 Å². The van der Waals surface area contributed by atoms with Gasteiger partial charge in [-0.25, -0.2) is 9.07 Å². The van der Waals surface area contributed by atoms with E-state index in [-0.39, 0.29) is 18.2 Å². The smallest absolute Gasteiger partial charge is 0.240 e. The van der Waals surface area contributed by atoms with Crippen molar-refractivity contribution in [3.8, 4) is 5.69 Å². The molecule has 5 rings (SSSR count). The predicted octanol–water partition coefficient (Wildman–Crippen LogP) is 2.59. The summed E-state index contributed by atoms with van der Waals surface area (Å²) in [5.41, 5.74) is 1.02. The Bertz CT molecular complexity index is 1080. The SMILES string of the molecule is O=C1C[C@]2(C(=O)Nc3ccc(F)cc32)c2cnn(-c3ccccc3)c2N1. The van der Waals surface area contributed by atoms with Gasteiger partial charge >= 0.3 is 0 Å². The maximum atomic E-state index is 13.9. The average molecular weight is 348 g/mol. The van der Waals surface area contributed by atoms with Crippen LogP contribution in [-0.4, -0.2) is 21.6 Å². The van der Waals surface area contributed by atoms with Crippen LogP contribution in [0.1, 0.15) is 17.5 Å². The standard InChI is InChI=1S/C19H13FN4O2/c20-11-6-7-15-13(8-11)19(18(26)22-15)9-16(25)23-17-14(19)10-21-24(17)12-4-2-1-3-5-12/h1-8,10H,9H2,(H,22,26)(H,23,25)/t19-/m1/s1. The number of aromatic nitrogens is 2. The van der Waals surface area contributed by atoms with E-state index in [9.17, 15) is 14.0 Å². The summed E-state index contributed by atoms with van der Waals surface area (Å²) in [6, 6.07) is 13.4. The van der Waals surface area contributed by atoms with Crippen molar-refractivity contribution in [2.45, 2.75) is 11.8 Å². The van der Waals surface area contributed by atoms with Gasteiger partial charge < -0.3 is 10.6 Å². The minimum Gasteiger partial charge on any atom is -0.325 e. The van der Waals surface area contributed by atoms with E-state index in [0.717, 1.165) is 5.69 Å². The molecule has 26 heavy (non-hydrogen) atoms. The summed E-state index contributed by atoms with van der Waals surface area (Å²) in [5, 5.41) is 9.96. The molecule has 0 fully saturated rings. The van der Waals surface area contributed by atoms with Crippen molar-refractivity contribution in [1.29, 1.82) is 0 Å². The Morgan fingerprint density at radius 2 is 1.85 bits per heavy atom. The van der Waals surface area contributed by atoms with Gasteiger partial charge in [-0.1, -0.05) is 18.2 Å². The number of nitrogens with one attached hydrogen (secondary N) is 2. The molecule has 3 heterocycles. The highest BCUT2D eigenvalue weighted by Gasteiger charge is 2.54. The van der Waals surface area contributed by atoms with Crippen LogP contribution >= 0.6 is 0 Å². The number of carbonyl (C=O) groups excluding carboxylic acids is 2. The van der Waals surface area contributed by atoms with Crippen LogP contribution in [0.5, 0.6) is 0 Å². The highest BCUT2D eigenvalue weighted by atomic mass is 19.1. The van der Waals surface area contributed by atoms with Crippen LogP contribution in [0.4, 0.5) is 15.9 Å². The fourth-order valence-corrected chi connectivity index (χ4v) is 3.83. The Balaban J connectivity index is 1.78. The quantitative estimate of drug-likeness (QED) is 0.710. The molecule has 0 bridgehead atoms. The molecule has 128 valence electrons. The molecule has 1 spiro atoms. The summed E-state index contributed by atoms with van der Waals surface area (Å²) in [6.45, 7) is 0. The van der Waals surface area contributed by atoms with Crippen LogP contribution in [-0.2, 0) is 15.0 Å². The van der Waals surface area contributed by atoms with Crippen molar-refractivity contribution in [3.63, 3.8) is 0 Å². The van der Waals surface area contributed by atoms with Crippen LogP contribution in [0.2, 0.25) is 0 Å². The second kappa shape index (κ2) is 5.01. The third kappa shape index (κ3) is 1.82. The second-order valence-electron chi connectivity index (χ2n) is 6.43. The van der Waals surface area contributed by atoms with Crippen molar-refractivity contribution in [2.75, 3.05) is 10.6 Å². The molecule has 2 aliphatic heterocycles. The third-order valence-corrected chi connectivity index (χ3v) is 4.99. The molecule has 7 heteroatoms. The number of hydrogen-bond donors (Lipinski definition) is 2. The minimum atomic E-state index is -1.28. The van der Waals surface area contributed by atoms with E-state index in [0.29, 0.717) is 22.6 Å². The number of hydrogen-bond acceptors (Lipinski definition) is 3. The first-order chi connectivity index (χ1) is 12.6. The number of amides is 2. The van der Waals surface area contributed by atoms with Crippen LogP contribution in [0.25, 0.3) is 5.69 Å². The van der Waals surface area contributed by atoms with Crippen molar-refractivity contribution in [3.05, 3.63) is 71.7 Å². The summed E-state index contributed by atoms with van der Waals surface area (Å²) >= 11 is 0. The van der Waals surface area contributed by atoms with E-state index in [1.165, 1.54) is 18.2 Å². The minimum absolute atomic E-state index is 0.0945. The third-order valence-electron chi connectivity index (χ3n) is 4.99. The monoisotopic (exact) mass is 348 g/mol. The Morgan fingerprint density at radius 1 is 1.04 bits per heavy atom. The number of benzene rings is 2. The van der Waals surface area contributed by atoms with Gasteiger partial charge in [0, 0.05) is 17.7 Å². The van der Waals surface area contributed by atoms with E-state index in [4.69, 9.17) is 0 Å². The molecular weight excluding hydrogens is 335 g/mol. The van der Waals surface area contributed by atoms with Gasteiger partial charge in [-0.3, -0.25) is 9.59 Å². The van der Waals surface area contributed by atoms with E-state index in [1.54, 1.807) is 10.9 Å². The molecule has 2 N–H and O–H groups in total. The molecule has 2 aliphatic rings. The van der Waals surface area contributed by atoms with Crippen molar-refractivity contribution in [2.24, 2.45) is 0 Å². The first kappa shape index (κ1) is 14.8. The summed E-state index contributed by atoms with van der Waals surface area (Å²) in [5.74, 6) is -0.688. The van der Waals surface area contributed by atoms with Crippen LogP contribution in [0, 0.1) is 5.82 Å². The van der Waals surface area contributed by atoms with Crippen LogP contribution in [0.3, 0.4) is 0 Å². The first-order valence-electron chi connectivity index (χ1n) is 8.15. The summed E-state index contributed by atoms with van der Waals surface area (Å²) in [4.78, 5) is 25.4. The molecule has 0 unspecified atom stereocenters. The summed E-state index contributed by atoms with van der Waals surface area (Å²) in [7, 11) is 0. The number of para-hydroxylation sites is 1. The molecule has 6 nitrogen and oxygen atoms in total. The van der Waals surface area contributed by atoms with E-state index >= 15 is 0 Å². The van der Waals surface area contributed by atoms with Crippen LogP contribution < -0.4 is 10.6 Å². The van der Waals surface area contributed by atoms with Gasteiger partial charge in [-0.2, -0.15) is 5.10 Å². The van der Waals surface area contributed by atoms with Gasteiger partial charge in [0.1, 0.15) is 17.1 Å². The van der Waals surface area contributed by atoms with E-state index in [2.05, 4.69) is 15.7 Å². The average Bonchev–Trinajstić information content (AvgIpc) is 3.17. The van der Waals surface area contributed by atoms with Gasteiger partial charge in [-0.05, 0) is 35.9 Å². The lowest BCUT2D eigenvalue weighted by Gasteiger charge is -2.31. The molecule has 0 saturated carbocycles. The van der Waals surface area contributed by atoms with Gasteiger partial charge in [0.2, 0.25) is 11.8 Å². The zero-order chi connectivity index (χ0) is 17.9. The van der Waals surface area contributed by atoms with Crippen LogP contribution in [0.15, 0.2) is 54.7 Å². The summed E-state index contributed by atoms with van der Waals surface area (Å²) in [6.07, 6.45) is 1.48. The molecule has 1 aromatic heterocycles. The fraction of sp³-hybridized carbons (Fsp3) is 0.105. The lowest BCUT2D eigenvalue weighted by Crippen LogP contribution is -2.43. The zero-order valence-corrected chi connectivity index (χ0v) is 13.5. The fourth-order valence-electron chi connectivity index (χ4n) is 3.83. The first-order valence-corrected chi connectivity index (χ1v) is 8.15. The van der Waals surface area contributed by atoms with Crippen molar-refractivity contribution in [1.82, 2.24) is 9.78 Å². The molecule has 3 aromatic rings. The van der Waals surface area contributed by atoms with Gasteiger partial charge in [0.15, 0.2) is 0 Å². The number of halogens is 1. The Labute approximate surface area is 147 Å². The molecular formula is C19H13FN4O2.